The molecular weight excluding hydrogens is 352 g/mol. The minimum Gasteiger partial charge on any atom is -0.404 e. The zero-order chi connectivity index (χ0) is 20.1. The molecular formula is C21H30N6O. The molecule has 1 saturated heterocycles. The normalized spacial score (nSPS) is 16.8. The van der Waals surface area contributed by atoms with Gasteiger partial charge in [0.05, 0.1) is 22.9 Å². The first kappa shape index (κ1) is 19.9. The van der Waals surface area contributed by atoms with Crippen molar-refractivity contribution in [2.75, 3.05) is 29.9 Å². The van der Waals surface area contributed by atoms with Gasteiger partial charge in [-0.15, -0.1) is 0 Å². The van der Waals surface area contributed by atoms with Crippen molar-refractivity contribution >= 4 is 22.5 Å². The highest BCUT2D eigenvalue weighted by Gasteiger charge is 2.19. The Balaban J connectivity index is 1.78. The molecule has 1 aliphatic rings. The number of anilines is 2. The molecule has 3 rings (SSSR count). The number of nitrogens with zero attached hydrogens (tertiary/aromatic N) is 3. The summed E-state index contributed by atoms with van der Waals surface area (Å²) in [5.74, 6) is 1.86. The summed E-state index contributed by atoms with van der Waals surface area (Å²) in [5.41, 5.74) is 15.4. The van der Waals surface area contributed by atoms with Gasteiger partial charge in [0, 0.05) is 19.7 Å². The average Bonchev–Trinajstić information content (AvgIpc) is 2.71. The Morgan fingerprint density at radius 2 is 2.07 bits per heavy atom. The molecule has 6 N–H and O–H groups in total. The third-order valence-electron chi connectivity index (χ3n) is 5.21. The first-order chi connectivity index (χ1) is 13.5. The second kappa shape index (κ2) is 8.93. The molecule has 1 aliphatic heterocycles. The summed E-state index contributed by atoms with van der Waals surface area (Å²) < 4.78 is 0. The Kier molecular flexibility index (Phi) is 6.36. The molecule has 0 unspecified atom stereocenters. The molecule has 0 aromatic carbocycles. The molecule has 7 nitrogen and oxygen atoms in total. The molecule has 2 aromatic heterocycles. The van der Waals surface area contributed by atoms with Gasteiger partial charge in [0.15, 0.2) is 0 Å². The van der Waals surface area contributed by atoms with E-state index in [0.29, 0.717) is 17.6 Å². The maximum atomic E-state index is 9.32. The Hall–Kier alpha value is -2.80. The Labute approximate surface area is 166 Å². The molecule has 2 aromatic rings. The first-order valence-corrected chi connectivity index (χ1v) is 9.78. The second-order valence-electron chi connectivity index (χ2n) is 7.59. The van der Waals surface area contributed by atoms with Gasteiger partial charge in [0.2, 0.25) is 0 Å². The SMILES string of the molecule is CC(C)C(=C/N)/C=C(\N)Nc1ccc2ncc(N3CCC(CO)CC3)cc2n1. The lowest BCUT2D eigenvalue weighted by molar-refractivity contribution is 0.203. The van der Waals surface area contributed by atoms with Crippen molar-refractivity contribution in [3.63, 3.8) is 0 Å². The summed E-state index contributed by atoms with van der Waals surface area (Å²) in [6.45, 7) is 6.25. The fraction of sp³-hybridized carbons (Fsp3) is 0.429. The van der Waals surface area contributed by atoms with E-state index < -0.39 is 0 Å². The number of aromatic nitrogens is 2. The van der Waals surface area contributed by atoms with Crippen LogP contribution in [0, 0.1) is 11.8 Å². The van der Waals surface area contributed by atoms with Crippen molar-refractivity contribution < 1.29 is 5.11 Å². The van der Waals surface area contributed by atoms with E-state index in [2.05, 4.69) is 40.1 Å². The van der Waals surface area contributed by atoms with Gasteiger partial charge in [-0.1, -0.05) is 13.8 Å². The van der Waals surface area contributed by atoms with E-state index in [0.717, 1.165) is 48.2 Å². The maximum absolute atomic E-state index is 9.32. The zero-order valence-electron chi connectivity index (χ0n) is 16.6. The van der Waals surface area contributed by atoms with Crippen molar-refractivity contribution in [2.24, 2.45) is 23.3 Å². The Bertz CT molecular complexity index is 868. The number of nitrogens with two attached hydrogens (primary N) is 2. The van der Waals surface area contributed by atoms with Gasteiger partial charge < -0.3 is 26.8 Å². The van der Waals surface area contributed by atoms with E-state index in [-0.39, 0.29) is 12.5 Å². The number of hydrogen-bond donors (Lipinski definition) is 4. The van der Waals surface area contributed by atoms with Crippen LogP contribution in [0.5, 0.6) is 0 Å². The molecule has 1 fully saturated rings. The Morgan fingerprint density at radius 3 is 2.71 bits per heavy atom. The van der Waals surface area contributed by atoms with Crippen LogP contribution < -0.4 is 21.7 Å². The molecule has 0 radical (unpaired) electrons. The van der Waals surface area contributed by atoms with Crippen molar-refractivity contribution in [1.29, 1.82) is 0 Å². The van der Waals surface area contributed by atoms with Crippen molar-refractivity contribution in [2.45, 2.75) is 26.7 Å². The van der Waals surface area contributed by atoms with E-state index in [1.807, 2.05) is 24.4 Å². The molecule has 0 saturated carbocycles. The number of hydrogen-bond acceptors (Lipinski definition) is 7. The average molecular weight is 383 g/mol. The van der Waals surface area contributed by atoms with Gasteiger partial charge in [0.1, 0.15) is 11.6 Å². The fourth-order valence-corrected chi connectivity index (χ4v) is 3.38. The summed E-state index contributed by atoms with van der Waals surface area (Å²) >= 11 is 0. The van der Waals surface area contributed by atoms with E-state index >= 15 is 0 Å². The number of aliphatic hydroxyl groups is 1. The number of piperidine rings is 1. The molecule has 0 bridgehead atoms. The second-order valence-corrected chi connectivity index (χ2v) is 7.59. The van der Waals surface area contributed by atoms with Crippen LogP contribution in [0.3, 0.4) is 0 Å². The maximum Gasteiger partial charge on any atom is 0.132 e. The van der Waals surface area contributed by atoms with Gasteiger partial charge in [-0.3, -0.25) is 4.98 Å². The lowest BCUT2D eigenvalue weighted by atomic mass is 9.97. The molecule has 0 aliphatic carbocycles. The highest BCUT2D eigenvalue weighted by molar-refractivity contribution is 5.79. The smallest absolute Gasteiger partial charge is 0.132 e. The quantitative estimate of drug-likeness (QED) is 0.568. The zero-order valence-corrected chi connectivity index (χ0v) is 16.6. The third kappa shape index (κ3) is 4.72. The summed E-state index contributed by atoms with van der Waals surface area (Å²) in [6, 6.07) is 5.86. The topological polar surface area (TPSA) is 113 Å². The summed E-state index contributed by atoms with van der Waals surface area (Å²) in [4.78, 5) is 11.5. The number of rotatable bonds is 6. The monoisotopic (exact) mass is 382 g/mol. The minimum atomic E-state index is 0.271. The highest BCUT2D eigenvalue weighted by Crippen LogP contribution is 2.25. The van der Waals surface area contributed by atoms with Gasteiger partial charge >= 0.3 is 0 Å². The molecule has 3 heterocycles. The lowest BCUT2D eigenvalue weighted by Gasteiger charge is -2.32. The number of aliphatic hydroxyl groups excluding tert-OH is 1. The van der Waals surface area contributed by atoms with E-state index in [1.54, 1.807) is 6.20 Å². The molecule has 28 heavy (non-hydrogen) atoms. The van der Waals surface area contributed by atoms with Crippen molar-refractivity contribution in [3.05, 3.63) is 48.1 Å². The van der Waals surface area contributed by atoms with E-state index in [1.165, 1.54) is 0 Å². The van der Waals surface area contributed by atoms with Crippen LogP contribution in [0.4, 0.5) is 11.5 Å². The molecule has 0 spiro atoms. The van der Waals surface area contributed by atoms with Crippen LogP contribution in [0.15, 0.2) is 48.1 Å². The van der Waals surface area contributed by atoms with Gasteiger partial charge in [-0.25, -0.2) is 4.98 Å². The highest BCUT2D eigenvalue weighted by atomic mass is 16.3. The van der Waals surface area contributed by atoms with Crippen LogP contribution in [0.1, 0.15) is 26.7 Å². The standard InChI is InChI=1S/C21H30N6O/c1-14(2)16(11-22)9-20(23)26-21-4-3-18-19(25-21)10-17(12-24-18)27-7-5-15(13-28)6-8-27/h3-4,9-12,14-15,28H,5-8,13,22-23H2,1-2H3,(H,25,26)/b16-11+,20-9+. The van der Waals surface area contributed by atoms with Gasteiger partial charge in [-0.05, 0) is 60.7 Å². The molecule has 150 valence electrons. The summed E-state index contributed by atoms with van der Waals surface area (Å²) in [6.07, 6.45) is 7.29. The van der Waals surface area contributed by atoms with Gasteiger partial charge in [-0.2, -0.15) is 0 Å². The molecule has 0 atom stereocenters. The van der Waals surface area contributed by atoms with E-state index in [9.17, 15) is 5.11 Å². The van der Waals surface area contributed by atoms with Gasteiger partial charge in [0.25, 0.3) is 0 Å². The third-order valence-corrected chi connectivity index (χ3v) is 5.21. The predicted molar refractivity (Wildman–Crippen MR) is 115 cm³/mol. The lowest BCUT2D eigenvalue weighted by Crippen LogP contribution is -2.34. The number of allylic oxidation sites excluding steroid dienone is 2. The van der Waals surface area contributed by atoms with Crippen LogP contribution in [-0.2, 0) is 0 Å². The predicted octanol–water partition coefficient (Wildman–Crippen LogP) is 2.55. The number of nitrogens with one attached hydrogen (secondary N) is 1. The fourth-order valence-electron chi connectivity index (χ4n) is 3.38. The van der Waals surface area contributed by atoms with Crippen molar-refractivity contribution in [3.8, 4) is 0 Å². The first-order valence-electron chi connectivity index (χ1n) is 9.78. The minimum absolute atomic E-state index is 0.271. The van der Waals surface area contributed by atoms with Crippen molar-refractivity contribution in [1.82, 2.24) is 9.97 Å². The largest absolute Gasteiger partial charge is 0.404 e. The number of pyridine rings is 2. The van der Waals surface area contributed by atoms with Crippen LogP contribution in [0.2, 0.25) is 0 Å². The Morgan fingerprint density at radius 1 is 1.32 bits per heavy atom. The van der Waals surface area contributed by atoms with E-state index in [4.69, 9.17) is 11.5 Å². The molecule has 7 heteroatoms. The number of fused-ring (bicyclic) bond motifs is 1. The summed E-state index contributed by atoms with van der Waals surface area (Å²) in [7, 11) is 0. The summed E-state index contributed by atoms with van der Waals surface area (Å²) in [5, 5.41) is 12.4. The molecule has 0 amide bonds. The van der Waals surface area contributed by atoms with Crippen LogP contribution >= 0.6 is 0 Å². The van der Waals surface area contributed by atoms with Crippen LogP contribution in [-0.4, -0.2) is 34.8 Å². The van der Waals surface area contributed by atoms with Crippen LogP contribution in [0.25, 0.3) is 11.0 Å².